The number of hydrogen-bond acceptors (Lipinski definition) is 2. The van der Waals surface area contributed by atoms with Gasteiger partial charge in [-0.2, -0.15) is 0 Å². The van der Waals surface area contributed by atoms with Crippen LogP contribution >= 0.6 is 35.6 Å². The number of H-pyrrole nitrogens is 1. The summed E-state index contributed by atoms with van der Waals surface area (Å²) >= 11 is 12.2. The predicted molar refractivity (Wildman–Crippen MR) is 100 cm³/mol. The lowest BCUT2D eigenvalue weighted by Crippen LogP contribution is -2.19. The molecule has 0 fully saturated rings. The summed E-state index contributed by atoms with van der Waals surface area (Å²) in [4.78, 5) is 8.06. The lowest BCUT2D eigenvalue weighted by molar-refractivity contribution is 0.960. The lowest BCUT2D eigenvalue weighted by atomic mass is 10.0. The minimum absolute atomic E-state index is 0. The maximum absolute atomic E-state index is 6.18. The average Bonchev–Trinajstić information content (AvgIpc) is 3.14. The Hall–Kier alpha value is -1.68. The maximum atomic E-state index is 6.18. The monoisotopic (exact) mass is 365 g/mol. The van der Waals surface area contributed by atoms with Gasteiger partial charge in [-0.05, 0) is 35.9 Å². The van der Waals surface area contributed by atoms with Crippen molar-refractivity contribution >= 4 is 52.3 Å². The van der Waals surface area contributed by atoms with Crippen molar-refractivity contribution in [3.63, 3.8) is 0 Å². The largest absolute Gasteiger partial charge is 0.368 e. The zero-order chi connectivity index (χ0) is 15.1. The molecule has 3 nitrogen and oxygen atoms in total. The first-order valence-electron chi connectivity index (χ1n) is 7.08. The van der Waals surface area contributed by atoms with Gasteiger partial charge in [-0.1, -0.05) is 35.3 Å². The average molecular weight is 367 g/mol. The molecule has 2 N–H and O–H groups in total. The van der Waals surface area contributed by atoms with E-state index in [0.717, 1.165) is 51.7 Å². The SMILES string of the molecule is Cl.Clc1ccc(-c2[nH]c3ccc(Cl)cc3c2C2=NCCN2)cc1. The minimum Gasteiger partial charge on any atom is -0.368 e. The number of fused-ring (bicyclic) bond motifs is 1. The molecule has 2 heterocycles. The molecule has 2 aromatic carbocycles. The number of nitrogens with zero attached hydrogens (tertiary/aromatic N) is 1. The molecule has 3 aromatic rings. The van der Waals surface area contributed by atoms with Gasteiger partial charge in [-0.3, -0.25) is 4.99 Å². The van der Waals surface area contributed by atoms with Crippen LogP contribution in [0, 0.1) is 0 Å². The van der Waals surface area contributed by atoms with E-state index < -0.39 is 0 Å². The number of benzene rings is 2. The summed E-state index contributed by atoms with van der Waals surface area (Å²) in [6, 6.07) is 13.7. The van der Waals surface area contributed by atoms with E-state index in [1.54, 1.807) is 0 Å². The third kappa shape index (κ3) is 2.92. The van der Waals surface area contributed by atoms with Crippen LogP contribution in [0.2, 0.25) is 10.0 Å². The first kappa shape index (κ1) is 16.2. The Morgan fingerprint density at radius 2 is 1.70 bits per heavy atom. The van der Waals surface area contributed by atoms with Crippen molar-refractivity contribution < 1.29 is 0 Å². The van der Waals surface area contributed by atoms with Crippen LogP contribution in [-0.2, 0) is 0 Å². The van der Waals surface area contributed by atoms with Gasteiger partial charge in [-0.15, -0.1) is 12.4 Å². The van der Waals surface area contributed by atoms with Gasteiger partial charge in [-0.25, -0.2) is 0 Å². The second kappa shape index (κ2) is 6.44. The molecule has 23 heavy (non-hydrogen) atoms. The Morgan fingerprint density at radius 1 is 0.957 bits per heavy atom. The van der Waals surface area contributed by atoms with Crippen LogP contribution in [0.1, 0.15) is 5.56 Å². The second-order valence-electron chi connectivity index (χ2n) is 5.23. The molecule has 0 radical (unpaired) electrons. The van der Waals surface area contributed by atoms with E-state index in [1.165, 1.54) is 0 Å². The van der Waals surface area contributed by atoms with E-state index in [-0.39, 0.29) is 12.4 Å². The van der Waals surface area contributed by atoms with Crippen LogP contribution in [0.25, 0.3) is 22.2 Å². The van der Waals surface area contributed by atoms with Gasteiger partial charge >= 0.3 is 0 Å². The van der Waals surface area contributed by atoms with E-state index >= 15 is 0 Å². The first-order chi connectivity index (χ1) is 10.7. The van der Waals surface area contributed by atoms with Gasteiger partial charge in [0.15, 0.2) is 0 Å². The number of aromatic nitrogens is 1. The third-order valence-corrected chi connectivity index (χ3v) is 4.29. The van der Waals surface area contributed by atoms with E-state index in [2.05, 4.69) is 15.3 Å². The summed E-state index contributed by atoms with van der Waals surface area (Å²) in [7, 11) is 0. The highest BCUT2D eigenvalue weighted by atomic mass is 35.5. The Morgan fingerprint density at radius 3 is 2.39 bits per heavy atom. The normalized spacial score (nSPS) is 13.6. The Bertz CT molecular complexity index is 882. The molecule has 1 aromatic heterocycles. The fraction of sp³-hybridized carbons (Fsp3) is 0.118. The predicted octanol–water partition coefficient (Wildman–Crippen LogP) is 4.91. The van der Waals surface area contributed by atoms with Crippen molar-refractivity contribution in [1.82, 2.24) is 10.3 Å². The molecule has 0 atom stereocenters. The molecule has 0 bridgehead atoms. The van der Waals surface area contributed by atoms with Crippen LogP contribution in [0.3, 0.4) is 0 Å². The Labute approximate surface area is 150 Å². The van der Waals surface area contributed by atoms with E-state index in [0.29, 0.717) is 5.02 Å². The third-order valence-electron chi connectivity index (χ3n) is 3.80. The molecular formula is C17H14Cl3N3. The fourth-order valence-electron chi connectivity index (χ4n) is 2.81. The van der Waals surface area contributed by atoms with E-state index in [4.69, 9.17) is 23.2 Å². The fourth-order valence-corrected chi connectivity index (χ4v) is 3.11. The topological polar surface area (TPSA) is 40.2 Å². The molecular weight excluding hydrogens is 353 g/mol. The number of rotatable bonds is 2. The first-order valence-corrected chi connectivity index (χ1v) is 7.84. The smallest absolute Gasteiger partial charge is 0.131 e. The van der Waals surface area contributed by atoms with Crippen LogP contribution in [0.4, 0.5) is 0 Å². The van der Waals surface area contributed by atoms with Crippen LogP contribution in [0.15, 0.2) is 47.5 Å². The standard InChI is InChI=1S/C17H13Cl2N3.ClH/c18-11-3-1-10(2-4-11)16-15(17-20-7-8-21-17)13-9-12(19)5-6-14(13)22-16;/h1-6,9,22H,7-8H2,(H,20,21);1H. The minimum atomic E-state index is 0. The van der Waals surface area contributed by atoms with E-state index in [9.17, 15) is 0 Å². The molecule has 0 saturated carbocycles. The van der Waals surface area contributed by atoms with Crippen molar-refractivity contribution in [2.24, 2.45) is 4.99 Å². The summed E-state index contributed by atoms with van der Waals surface area (Å²) in [6.07, 6.45) is 0. The van der Waals surface area contributed by atoms with Crippen molar-refractivity contribution in [3.8, 4) is 11.3 Å². The highest BCUT2D eigenvalue weighted by molar-refractivity contribution is 6.32. The molecule has 1 aliphatic heterocycles. The van der Waals surface area contributed by atoms with Gasteiger partial charge in [0.05, 0.1) is 12.2 Å². The molecule has 118 valence electrons. The molecule has 4 rings (SSSR count). The molecule has 0 aliphatic carbocycles. The molecule has 0 saturated heterocycles. The number of halogens is 3. The van der Waals surface area contributed by atoms with Crippen molar-refractivity contribution in [2.75, 3.05) is 13.1 Å². The number of nitrogens with one attached hydrogen (secondary N) is 2. The second-order valence-corrected chi connectivity index (χ2v) is 6.10. The van der Waals surface area contributed by atoms with Gasteiger partial charge in [0.2, 0.25) is 0 Å². The summed E-state index contributed by atoms with van der Waals surface area (Å²) in [5.41, 5.74) is 4.21. The number of aliphatic imine (C=N–C) groups is 1. The maximum Gasteiger partial charge on any atom is 0.131 e. The summed E-state index contributed by atoms with van der Waals surface area (Å²) < 4.78 is 0. The Balaban J connectivity index is 0.00000156. The van der Waals surface area contributed by atoms with Gasteiger partial charge < -0.3 is 10.3 Å². The molecule has 1 aliphatic rings. The highest BCUT2D eigenvalue weighted by Crippen LogP contribution is 2.33. The quantitative estimate of drug-likeness (QED) is 0.664. The number of aromatic amines is 1. The highest BCUT2D eigenvalue weighted by Gasteiger charge is 2.20. The van der Waals surface area contributed by atoms with Crippen LogP contribution in [-0.4, -0.2) is 23.9 Å². The Kier molecular flexibility index (Phi) is 4.53. The van der Waals surface area contributed by atoms with Gasteiger partial charge in [0, 0.05) is 33.1 Å². The number of amidine groups is 1. The lowest BCUT2D eigenvalue weighted by Gasteiger charge is -2.06. The number of hydrogen-bond donors (Lipinski definition) is 2. The van der Waals surface area contributed by atoms with Crippen molar-refractivity contribution in [3.05, 3.63) is 58.1 Å². The molecule has 0 amide bonds. The molecule has 0 spiro atoms. The van der Waals surface area contributed by atoms with Crippen molar-refractivity contribution in [1.29, 1.82) is 0 Å². The molecule has 0 unspecified atom stereocenters. The summed E-state index contributed by atoms with van der Waals surface area (Å²) in [6.45, 7) is 1.66. The van der Waals surface area contributed by atoms with Gasteiger partial charge in [0.1, 0.15) is 5.84 Å². The summed E-state index contributed by atoms with van der Waals surface area (Å²) in [5.74, 6) is 0.915. The summed E-state index contributed by atoms with van der Waals surface area (Å²) in [5, 5.41) is 5.87. The van der Waals surface area contributed by atoms with E-state index in [1.807, 2.05) is 42.5 Å². The van der Waals surface area contributed by atoms with Gasteiger partial charge in [0.25, 0.3) is 0 Å². The molecule has 6 heteroatoms. The zero-order valence-electron chi connectivity index (χ0n) is 12.1. The van der Waals surface area contributed by atoms with Crippen LogP contribution in [0.5, 0.6) is 0 Å². The zero-order valence-corrected chi connectivity index (χ0v) is 14.4. The van der Waals surface area contributed by atoms with Crippen LogP contribution < -0.4 is 5.32 Å². The van der Waals surface area contributed by atoms with Crippen molar-refractivity contribution in [2.45, 2.75) is 0 Å².